The lowest BCUT2D eigenvalue weighted by Gasteiger charge is -2.34. The average Bonchev–Trinajstić information content (AvgIpc) is 2.67. The van der Waals surface area contributed by atoms with Crippen LogP contribution in [-0.4, -0.2) is 24.0 Å². The summed E-state index contributed by atoms with van der Waals surface area (Å²) in [7, 11) is 0. The van der Waals surface area contributed by atoms with Crippen molar-refractivity contribution in [1.82, 2.24) is 4.90 Å². The van der Waals surface area contributed by atoms with Gasteiger partial charge in [0.2, 0.25) is 0 Å². The first kappa shape index (κ1) is 16.5. The minimum absolute atomic E-state index is 0.170. The zero-order valence-electron chi connectivity index (χ0n) is 14.2. The molecule has 0 spiro atoms. The van der Waals surface area contributed by atoms with Crippen molar-refractivity contribution in [3.05, 3.63) is 35.4 Å². The van der Waals surface area contributed by atoms with E-state index in [0.29, 0.717) is 6.04 Å². The van der Waals surface area contributed by atoms with E-state index in [1.54, 1.807) is 0 Å². The number of nitrogens with two attached hydrogens (primary N) is 1. The molecule has 0 aliphatic carbocycles. The maximum Gasteiger partial charge on any atom is 0.0496 e. The summed E-state index contributed by atoms with van der Waals surface area (Å²) in [5.74, 6) is 1.68. The van der Waals surface area contributed by atoms with Gasteiger partial charge in [-0.05, 0) is 63.6 Å². The summed E-state index contributed by atoms with van der Waals surface area (Å²) in [4.78, 5) is 2.62. The third-order valence-corrected chi connectivity index (χ3v) is 5.06. The van der Waals surface area contributed by atoms with E-state index in [1.807, 2.05) is 0 Å². The number of rotatable bonds is 4. The highest BCUT2D eigenvalue weighted by Gasteiger charge is 2.27. The van der Waals surface area contributed by atoms with E-state index in [9.17, 15) is 0 Å². The number of benzene rings is 1. The second-order valence-electron chi connectivity index (χ2n) is 7.19. The Morgan fingerprint density at radius 1 is 1.05 bits per heavy atom. The van der Waals surface area contributed by atoms with Crippen LogP contribution in [0.5, 0.6) is 0 Å². The molecule has 1 heterocycles. The molecule has 1 aromatic carbocycles. The van der Waals surface area contributed by atoms with Gasteiger partial charge in [-0.25, -0.2) is 0 Å². The highest BCUT2D eigenvalue weighted by molar-refractivity contribution is 5.25. The minimum Gasteiger partial charge on any atom is -0.326 e. The van der Waals surface area contributed by atoms with Gasteiger partial charge >= 0.3 is 0 Å². The molecule has 118 valence electrons. The predicted molar refractivity (Wildman–Crippen MR) is 91.3 cm³/mol. The van der Waals surface area contributed by atoms with Crippen LogP contribution in [0, 0.1) is 18.8 Å². The molecule has 1 aliphatic rings. The molecule has 1 aromatic rings. The van der Waals surface area contributed by atoms with Crippen LogP contribution in [0.4, 0.5) is 0 Å². The topological polar surface area (TPSA) is 29.3 Å². The third-order valence-electron chi connectivity index (χ3n) is 5.06. The zero-order valence-corrected chi connectivity index (χ0v) is 14.2. The fourth-order valence-electron chi connectivity index (χ4n) is 3.70. The Kier molecular flexibility index (Phi) is 5.83. The molecule has 2 rings (SSSR count). The van der Waals surface area contributed by atoms with Gasteiger partial charge in [-0.2, -0.15) is 0 Å². The zero-order chi connectivity index (χ0) is 15.4. The van der Waals surface area contributed by atoms with Gasteiger partial charge in [0.05, 0.1) is 0 Å². The highest BCUT2D eigenvalue weighted by Crippen LogP contribution is 2.30. The Morgan fingerprint density at radius 3 is 2.29 bits per heavy atom. The van der Waals surface area contributed by atoms with Gasteiger partial charge in [0.25, 0.3) is 0 Å². The molecule has 21 heavy (non-hydrogen) atoms. The van der Waals surface area contributed by atoms with E-state index in [4.69, 9.17) is 5.73 Å². The highest BCUT2D eigenvalue weighted by atomic mass is 15.2. The van der Waals surface area contributed by atoms with Crippen LogP contribution in [0.15, 0.2) is 24.3 Å². The molecule has 1 saturated heterocycles. The van der Waals surface area contributed by atoms with Crippen molar-refractivity contribution in [2.24, 2.45) is 17.6 Å². The van der Waals surface area contributed by atoms with E-state index in [2.05, 4.69) is 56.9 Å². The predicted octanol–water partition coefficient (Wildman–Crippen LogP) is 4.14. The van der Waals surface area contributed by atoms with Crippen LogP contribution in [0.3, 0.4) is 0 Å². The van der Waals surface area contributed by atoms with Gasteiger partial charge < -0.3 is 5.73 Å². The second kappa shape index (κ2) is 7.42. The summed E-state index contributed by atoms with van der Waals surface area (Å²) in [5.41, 5.74) is 9.03. The van der Waals surface area contributed by atoms with Gasteiger partial charge in [0.15, 0.2) is 0 Å². The SMILES string of the molecule is Cc1ccc(C(C(C)N)N2CCCC(C(C)C)CC2)cc1. The van der Waals surface area contributed by atoms with Gasteiger partial charge in [0, 0.05) is 12.1 Å². The van der Waals surface area contributed by atoms with E-state index in [0.717, 1.165) is 11.8 Å². The van der Waals surface area contributed by atoms with Crippen LogP contribution in [0.25, 0.3) is 0 Å². The minimum atomic E-state index is 0.170. The maximum atomic E-state index is 6.34. The lowest BCUT2D eigenvalue weighted by molar-refractivity contribution is 0.179. The first-order chi connectivity index (χ1) is 9.99. The lowest BCUT2D eigenvalue weighted by atomic mass is 9.89. The normalized spacial score (nSPS) is 23.8. The fraction of sp³-hybridized carbons (Fsp3) is 0.684. The van der Waals surface area contributed by atoms with Crippen molar-refractivity contribution in [3.63, 3.8) is 0 Å². The lowest BCUT2D eigenvalue weighted by Crippen LogP contribution is -2.40. The molecule has 2 heteroatoms. The molecule has 0 saturated carbocycles. The molecular formula is C19H32N2. The Bertz CT molecular complexity index is 422. The van der Waals surface area contributed by atoms with Crippen LogP contribution in [0.1, 0.15) is 57.2 Å². The third kappa shape index (κ3) is 4.31. The number of hydrogen-bond acceptors (Lipinski definition) is 2. The second-order valence-corrected chi connectivity index (χ2v) is 7.19. The fourth-order valence-corrected chi connectivity index (χ4v) is 3.70. The number of hydrogen-bond donors (Lipinski definition) is 1. The van der Waals surface area contributed by atoms with Crippen molar-refractivity contribution in [2.45, 2.75) is 59.0 Å². The largest absolute Gasteiger partial charge is 0.326 e. The number of aryl methyl sites for hydroxylation is 1. The van der Waals surface area contributed by atoms with Crippen LogP contribution < -0.4 is 5.73 Å². The smallest absolute Gasteiger partial charge is 0.0496 e. The van der Waals surface area contributed by atoms with Crippen molar-refractivity contribution in [2.75, 3.05) is 13.1 Å². The molecule has 1 fully saturated rings. The van der Waals surface area contributed by atoms with E-state index >= 15 is 0 Å². The molecule has 0 amide bonds. The Morgan fingerprint density at radius 2 is 1.71 bits per heavy atom. The Labute approximate surface area is 130 Å². The van der Waals surface area contributed by atoms with Gasteiger partial charge in [-0.15, -0.1) is 0 Å². The number of nitrogens with zero attached hydrogens (tertiary/aromatic N) is 1. The molecule has 1 aliphatic heterocycles. The summed E-state index contributed by atoms with van der Waals surface area (Å²) in [6, 6.07) is 9.46. The summed E-state index contributed by atoms with van der Waals surface area (Å²) < 4.78 is 0. The van der Waals surface area contributed by atoms with Crippen molar-refractivity contribution in [1.29, 1.82) is 0 Å². The number of likely N-dealkylation sites (tertiary alicyclic amines) is 1. The molecule has 0 aromatic heterocycles. The monoisotopic (exact) mass is 288 g/mol. The van der Waals surface area contributed by atoms with Crippen molar-refractivity contribution < 1.29 is 0 Å². The first-order valence-corrected chi connectivity index (χ1v) is 8.55. The van der Waals surface area contributed by atoms with Gasteiger partial charge in [-0.1, -0.05) is 43.7 Å². The quantitative estimate of drug-likeness (QED) is 0.902. The summed E-state index contributed by atoms with van der Waals surface area (Å²) in [6.07, 6.45) is 3.98. The van der Waals surface area contributed by atoms with Crippen molar-refractivity contribution in [3.8, 4) is 0 Å². The van der Waals surface area contributed by atoms with Crippen molar-refractivity contribution >= 4 is 0 Å². The maximum absolute atomic E-state index is 6.34. The summed E-state index contributed by atoms with van der Waals surface area (Å²) in [6.45, 7) is 11.4. The molecule has 3 unspecified atom stereocenters. The summed E-state index contributed by atoms with van der Waals surface area (Å²) >= 11 is 0. The Hall–Kier alpha value is -0.860. The first-order valence-electron chi connectivity index (χ1n) is 8.55. The standard InChI is InChI=1S/C19H32N2/c1-14(2)17-6-5-12-21(13-11-17)19(16(4)20)18-9-7-15(3)8-10-18/h7-10,14,16-17,19H,5-6,11-13,20H2,1-4H3. The molecule has 2 N–H and O–H groups in total. The molecule has 0 radical (unpaired) electrons. The van der Waals surface area contributed by atoms with E-state index < -0.39 is 0 Å². The molecule has 2 nitrogen and oxygen atoms in total. The van der Waals surface area contributed by atoms with Crippen LogP contribution in [-0.2, 0) is 0 Å². The molecular weight excluding hydrogens is 256 g/mol. The van der Waals surface area contributed by atoms with Gasteiger partial charge in [0.1, 0.15) is 0 Å². The Balaban J connectivity index is 2.13. The summed E-state index contributed by atoms with van der Waals surface area (Å²) in [5, 5.41) is 0. The molecule has 0 bridgehead atoms. The average molecular weight is 288 g/mol. The molecule has 3 atom stereocenters. The van der Waals surface area contributed by atoms with Crippen LogP contribution in [0.2, 0.25) is 0 Å². The van der Waals surface area contributed by atoms with Gasteiger partial charge in [-0.3, -0.25) is 4.90 Å². The van der Waals surface area contributed by atoms with E-state index in [-0.39, 0.29) is 6.04 Å². The van der Waals surface area contributed by atoms with Crippen LogP contribution >= 0.6 is 0 Å². The van der Waals surface area contributed by atoms with E-state index in [1.165, 1.54) is 43.5 Å².